The molecule has 1 N–H and O–H groups in total. The van der Waals surface area contributed by atoms with Crippen LogP contribution in [-0.4, -0.2) is 39.0 Å². The van der Waals surface area contributed by atoms with Crippen LogP contribution in [0.3, 0.4) is 0 Å². The first kappa shape index (κ1) is 21.8. The molecular weight excluding hydrogens is 430 g/mol. The van der Waals surface area contributed by atoms with Crippen molar-refractivity contribution >= 4 is 21.6 Å². The van der Waals surface area contributed by atoms with Gasteiger partial charge in [0.1, 0.15) is 16.4 Å². The van der Waals surface area contributed by atoms with Gasteiger partial charge in [0.2, 0.25) is 10.0 Å². The molecule has 8 nitrogen and oxygen atoms in total. The zero-order valence-electron chi connectivity index (χ0n) is 16.3. The van der Waals surface area contributed by atoms with Gasteiger partial charge in [0.05, 0.1) is 26.5 Å². The van der Waals surface area contributed by atoms with Gasteiger partial charge >= 0.3 is 0 Å². The highest BCUT2D eigenvalue weighted by Crippen LogP contribution is 2.28. The van der Waals surface area contributed by atoms with Gasteiger partial charge in [-0.05, 0) is 30.3 Å². The summed E-state index contributed by atoms with van der Waals surface area (Å²) in [6, 6.07) is 14.4. The molecule has 0 radical (unpaired) electrons. The zero-order valence-corrected chi connectivity index (χ0v) is 17.9. The lowest BCUT2D eigenvalue weighted by Crippen LogP contribution is -2.32. The van der Waals surface area contributed by atoms with E-state index in [9.17, 15) is 13.2 Å². The second-order valence-corrected chi connectivity index (χ2v) is 8.37. The SMILES string of the molecule is COc1ccc(S(=O)(=O)NCCn2nc(-c3ccc(Cl)cc3)ccc2=O)c(OC)c1. The molecule has 0 saturated heterocycles. The Bertz CT molecular complexity index is 1190. The predicted molar refractivity (Wildman–Crippen MR) is 114 cm³/mol. The van der Waals surface area contributed by atoms with Crippen LogP contribution in [0.5, 0.6) is 11.5 Å². The second kappa shape index (κ2) is 9.29. The Kier molecular flexibility index (Phi) is 6.76. The van der Waals surface area contributed by atoms with Crippen molar-refractivity contribution in [3.63, 3.8) is 0 Å². The van der Waals surface area contributed by atoms with Crippen LogP contribution < -0.4 is 19.8 Å². The number of nitrogens with one attached hydrogen (secondary N) is 1. The number of hydrogen-bond donors (Lipinski definition) is 1. The maximum absolute atomic E-state index is 12.7. The smallest absolute Gasteiger partial charge is 0.266 e. The van der Waals surface area contributed by atoms with E-state index in [4.69, 9.17) is 21.1 Å². The molecule has 0 amide bonds. The van der Waals surface area contributed by atoms with Crippen LogP contribution in [0.2, 0.25) is 5.02 Å². The van der Waals surface area contributed by atoms with E-state index in [-0.39, 0.29) is 29.3 Å². The standard InChI is InChI=1S/C20H20ClN3O5S/c1-28-16-7-9-19(18(13-16)29-2)30(26,27)22-11-12-24-20(25)10-8-17(23-24)14-3-5-15(21)6-4-14/h3-10,13,22H,11-12H2,1-2H3. The van der Waals surface area contributed by atoms with Gasteiger partial charge in [-0.2, -0.15) is 5.10 Å². The van der Waals surface area contributed by atoms with Crippen LogP contribution in [0.4, 0.5) is 0 Å². The molecule has 1 heterocycles. The molecule has 0 aliphatic carbocycles. The fourth-order valence-electron chi connectivity index (χ4n) is 2.74. The summed E-state index contributed by atoms with van der Waals surface area (Å²) in [7, 11) is -1.02. The van der Waals surface area contributed by atoms with Crippen LogP contribution in [-0.2, 0) is 16.6 Å². The average molecular weight is 450 g/mol. The van der Waals surface area contributed by atoms with Crippen LogP contribution in [0.1, 0.15) is 0 Å². The van der Waals surface area contributed by atoms with Crippen LogP contribution in [0, 0.1) is 0 Å². The van der Waals surface area contributed by atoms with E-state index in [2.05, 4.69) is 9.82 Å². The topological polar surface area (TPSA) is 99.5 Å². The maximum Gasteiger partial charge on any atom is 0.266 e. The number of ether oxygens (including phenoxy) is 2. The molecule has 3 rings (SSSR count). The molecular formula is C20H20ClN3O5S. The molecule has 0 aliphatic heterocycles. The summed E-state index contributed by atoms with van der Waals surface area (Å²) in [5.74, 6) is 0.627. The number of aromatic nitrogens is 2. The minimum atomic E-state index is -3.87. The lowest BCUT2D eigenvalue weighted by molar-refractivity contribution is 0.386. The van der Waals surface area contributed by atoms with Crippen LogP contribution >= 0.6 is 11.6 Å². The summed E-state index contributed by atoms with van der Waals surface area (Å²) in [6.45, 7) is 0.0203. The molecule has 2 aromatic carbocycles. The van der Waals surface area contributed by atoms with Crippen molar-refractivity contribution in [1.29, 1.82) is 0 Å². The van der Waals surface area contributed by atoms with Crippen LogP contribution in [0.25, 0.3) is 11.3 Å². The highest BCUT2D eigenvalue weighted by Gasteiger charge is 2.20. The number of hydrogen-bond acceptors (Lipinski definition) is 6. The number of benzene rings is 2. The minimum absolute atomic E-state index is 0.0268. The van der Waals surface area contributed by atoms with Crippen molar-refractivity contribution in [1.82, 2.24) is 14.5 Å². The summed E-state index contributed by atoms with van der Waals surface area (Å²) < 4.78 is 39.2. The largest absolute Gasteiger partial charge is 0.497 e. The van der Waals surface area contributed by atoms with E-state index in [1.165, 1.54) is 43.2 Å². The molecule has 0 atom stereocenters. The van der Waals surface area contributed by atoms with Crippen molar-refractivity contribution in [2.45, 2.75) is 11.4 Å². The molecule has 158 valence electrons. The summed E-state index contributed by atoms with van der Waals surface area (Å²) >= 11 is 5.90. The van der Waals surface area contributed by atoms with Crippen molar-refractivity contribution < 1.29 is 17.9 Å². The number of methoxy groups -OCH3 is 2. The Labute approximate surface area is 179 Å². The Morgan fingerprint density at radius 3 is 2.43 bits per heavy atom. The third kappa shape index (κ3) is 4.99. The van der Waals surface area contributed by atoms with E-state index in [1.807, 2.05) is 0 Å². The minimum Gasteiger partial charge on any atom is -0.497 e. The molecule has 0 spiro atoms. The van der Waals surface area contributed by atoms with Gasteiger partial charge in [-0.15, -0.1) is 0 Å². The summed E-state index contributed by atoms with van der Waals surface area (Å²) in [6.07, 6.45) is 0. The first-order chi connectivity index (χ1) is 14.3. The molecule has 0 unspecified atom stereocenters. The predicted octanol–water partition coefficient (Wildman–Crippen LogP) is 2.56. The highest BCUT2D eigenvalue weighted by atomic mass is 35.5. The van der Waals surface area contributed by atoms with Gasteiger partial charge in [0.15, 0.2) is 0 Å². The fourth-order valence-corrected chi connectivity index (χ4v) is 4.04. The van der Waals surface area contributed by atoms with Crippen molar-refractivity contribution in [2.75, 3.05) is 20.8 Å². The molecule has 10 heteroatoms. The number of sulfonamides is 1. The van der Waals surface area contributed by atoms with E-state index >= 15 is 0 Å². The highest BCUT2D eigenvalue weighted by molar-refractivity contribution is 7.89. The molecule has 0 saturated carbocycles. The number of halogens is 1. The molecule has 0 bridgehead atoms. The zero-order chi connectivity index (χ0) is 21.7. The summed E-state index contributed by atoms with van der Waals surface area (Å²) in [4.78, 5) is 12.1. The Balaban J connectivity index is 1.75. The van der Waals surface area contributed by atoms with Crippen molar-refractivity contribution in [3.8, 4) is 22.8 Å². The quantitative estimate of drug-likeness (QED) is 0.567. The normalized spacial score (nSPS) is 11.3. The molecule has 0 aliphatic rings. The third-order valence-corrected chi connectivity index (χ3v) is 6.04. The first-order valence-electron chi connectivity index (χ1n) is 8.90. The van der Waals surface area contributed by atoms with E-state index in [1.54, 1.807) is 30.3 Å². The van der Waals surface area contributed by atoms with Crippen molar-refractivity contribution in [3.05, 3.63) is 70.0 Å². The van der Waals surface area contributed by atoms with E-state index in [0.717, 1.165) is 5.56 Å². The van der Waals surface area contributed by atoms with Gasteiger partial charge in [-0.1, -0.05) is 23.7 Å². The Morgan fingerprint density at radius 2 is 1.77 bits per heavy atom. The lowest BCUT2D eigenvalue weighted by Gasteiger charge is -2.12. The maximum atomic E-state index is 12.7. The molecule has 30 heavy (non-hydrogen) atoms. The molecule has 3 aromatic rings. The monoisotopic (exact) mass is 449 g/mol. The average Bonchev–Trinajstić information content (AvgIpc) is 2.75. The third-order valence-electron chi connectivity index (χ3n) is 4.28. The van der Waals surface area contributed by atoms with Crippen LogP contribution in [0.15, 0.2) is 64.3 Å². The van der Waals surface area contributed by atoms with Gasteiger partial charge in [-0.3, -0.25) is 4.79 Å². The fraction of sp³-hybridized carbons (Fsp3) is 0.200. The molecule has 1 aromatic heterocycles. The van der Waals surface area contributed by atoms with Crippen molar-refractivity contribution in [2.24, 2.45) is 0 Å². The van der Waals surface area contributed by atoms with E-state index < -0.39 is 10.0 Å². The van der Waals surface area contributed by atoms with E-state index in [0.29, 0.717) is 16.5 Å². The Hall–Kier alpha value is -2.88. The van der Waals surface area contributed by atoms with Gasteiger partial charge in [-0.25, -0.2) is 17.8 Å². The number of nitrogens with zero attached hydrogens (tertiary/aromatic N) is 2. The first-order valence-corrected chi connectivity index (χ1v) is 10.8. The number of rotatable bonds is 8. The van der Waals surface area contributed by atoms with Gasteiger partial charge in [0.25, 0.3) is 5.56 Å². The van der Waals surface area contributed by atoms with Gasteiger partial charge in [0, 0.05) is 29.3 Å². The Morgan fingerprint density at radius 1 is 1.03 bits per heavy atom. The van der Waals surface area contributed by atoms with Gasteiger partial charge < -0.3 is 9.47 Å². The summed E-state index contributed by atoms with van der Waals surface area (Å²) in [5.41, 5.74) is 1.02. The molecule has 0 fully saturated rings. The second-order valence-electron chi connectivity index (χ2n) is 6.20. The lowest BCUT2D eigenvalue weighted by atomic mass is 10.1. The summed E-state index contributed by atoms with van der Waals surface area (Å²) in [5, 5.41) is 4.90.